The molecule has 43 heavy (non-hydrogen) atoms. The molecule has 224 valence electrons. The van der Waals surface area contributed by atoms with Crippen LogP contribution in [-0.4, -0.2) is 26.1 Å². The second-order valence-electron chi connectivity index (χ2n) is 8.60. The van der Waals surface area contributed by atoms with Crippen molar-refractivity contribution in [1.82, 2.24) is 0 Å². The molecule has 0 aromatic heterocycles. The SMILES string of the molecule is O=C(c1ccc(Sc2ccc([S+](c3ccccc3)c3ccccc3)cc2)c(Cl)c1)c1ccccc1Cl.[F-].[F][Sb]([F])([F])([F])[F]. The van der Waals surface area contributed by atoms with Gasteiger partial charge in [-0.15, -0.1) is 0 Å². The van der Waals surface area contributed by atoms with Gasteiger partial charge in [-0.25, -0.2) is 0 Å². The molecule has 0 spiro atoms. The summed E-state index contributed by atoms with van der Waals surface area (Å²) in [6.07, 6.45) is 0. The quantitative estimate of drug-likeness (QED) is 0.0718. The number of hydrogen-bond donors (Lipinski definition) is 0. The summed E-state index contributed by atoms with van der Waals surface area (Å²) in [7, 11) is -0.186. The van der Waals surface area contributed by atoms with Gasteiger partial charge in [0.1, 0.15) is 0 Å². The van der Waals surface area contributed by atoms with E-state index in [2.05, 4.69) is 72.8 Å². The first-order valence-electron chi connectivity index (χ1n) is 12.2. The molecule has 5 rings (SSSR count). The number of halogens is 8. The summed E-state index contributed by atoms with van der Waals surface area (Å²) in [5.74, 6) is -0.141. The molecule has 0 atom stereocenters. The molecule has 0 aliphatic carbocycles. The fourth-order valence-electron chi connectivity index (χ4n) is 3.82. The Morgan fingerprint density at radius 3 is 1.56 bits per heavy atom. The summed E-state index contributed by atoms with van der Waals surface area (Å²) < 4.78 is 49.6. The Hall–Kier alpha value is -2.55. The van der Waals surface area contributed by atoms with E-state index in [-0.39, 0.29) is 21.4 Å². The third-order valence-corrected chi connectivity index (χ3v) is 9.63. The van der Waals surface area contributed by atoms with Gasteiger partial charge in [-0.3, -0.25) is 4.79 Å². The van der Waals surface area contributed by atoms with Crippen LogP contribution in [-0.2, 0) is 10.9 Å². The van der Waals surface area contributed by atoms with Crippen molar-refractivity contribution in [2.75, 3.05) is 0 Å². The predicted molar refractivity (Wildman–Crippen MR) is 163 cm³/mol. The zero-order chi connectivity index (χ0) is 30.4. The first-order valence-corrected chi connectivity index (χ1v) is 19.8. The maximum atomic E-state index is 12.9. The van der Waals surface area contributed by atoms with Crippen LogP contribution in [0, 0.1) is 0 Å². The second kappa shape index (κ2) is 15.0. The number of carbonyl (C=O) groups is 1. The van der Waals surface area contributed by atoms with Gasteiger partial charge in [-0.2, -0.15) is 0 Å². The molecule has 5 aromatic rings. The molecule has 0 fully saturated rings. The van der Waals surface area contributed by atoms with E-state index in [1.807, 2.05) is 18.2 Å². The van der Waals surface area contributed by atoms with E-state index in [4.69, 9.17) is 23.2 Å². The van der Waals surface area contributed by atoms with E-state index >= 15 is 0 Å². The van der Waals surface area contributed by atoms with Crippen molar-refractivity contribution >= 4 is 71.9 Å². The fourth-order valence-corrected chi connectivity index (χ4v) is 7.24. The molecule has 0 heterocycles. The molecule has 0 bridgehead atoms. The Kier molecular flexibility index (Phi) is 12.1. The van der Waals surface area contributed by atoms with Gasteiger partial charge in [0.05, 0.1) is 20.9 Å². The first-order chi connectivity index (χ1) is 19.8. The Labute approximate surface area is 266 Å². The van der Waals surface area contributed by atoms with Crippen LogP contribution in [0.1, 0.15) is 15.9 Å². The monoisotopic (exact) mass is 778 g/mol. The zero-order valence-corrected chi connectivity index (χ0v) is 27.5. The predicted octanol–water partition coefficient (Wildman–Crippen LogP) is 8.20. The summed E-state index contributed by atoms with van der Waals surface area (Å²) in [5, 5.41) is 0.970. The number of ketones is 1. The van der Waals surface area contributed by atoms with Gasteiger partial charge >= 0.3 is 34.4 Å². The van der Waals surface area contributed by atoms with E-state index in [1.165, 1.54) is 14.7 Å². The zero-order valence-electron chi connectivity index (χ0n) is 21.8. The molecule has 1 nitrogen and oxygen atoms in total. The van der Waals surface area contributed by atoms with Gasteiger partial charge < -0.3 is 4.70 Å². The van der Waals surface area contributed by atoms with Crippen LogP contribution in [0.25, 0.3) is 0 Å². The normalized spacial score (nSPS) is 11.9. The molecular weight excluding hydrogens is 759 g/mol. The minimum atomic E-state index is -9.19. The molecule has 0 unspecified atom stereocenters. The van der Waals surface area contributed by atoms with Gasteiger partial charge in [0.2, 0.25) is 0 Å². The molecule has 0 saturated carbocycles. The molecule has 0 N–H and O–H groups in total. The van der Waals surface area contributed by atoms with E-state index in [9.17, 15) is 18.9 Å². The molecule has 0 aliphatic rings. The molecule has 5 aromatic carbocycles. The van der Waals surface area contributed by atoms with Crippen LogP contribution in [0.4, 0.5) is 14.1 Å². The van der Waals surface area contributed by atoms with Crippen LogP contribution in [0.15, 0.2) is 152 Å². The summed E-state index contributed by atoms with van der Waals surface area (Å²) in [6, 6.07) is 42.3. The Bertz CT molecular complexity index is 1610. The Morgan fingerprint density at radius 1 is 0.605 bits per heavy atom. The van der Waals surface area contributed by atoms with Crippen molar-refractivity contribution in [2.24, 2.45) is 0 Å². The third kappa shape index (κ3) is 10.8. The van der Waals surface area contributed by atoms with Gasteiger partial charge in [-0.1, -0.05) is 83.5 Å². The molecule has 12 heteroatoms. The average molecular weight is 780 g/mol. The van der Waals surface area contributed by atoms with Crippen LogP contribution < -0.4 is 4.70 Å². The fraction of sp³-hybridized carbons (Fsp3) is 0. The first kappa shape index (κ1) is 34.9. The molecular formula is C31H21Cl2F6OS2Sb. The van der Waals surface area contributed by atoms with Crippen molar-refractivity contribution in [3.8, 4) is 0 Å². The van der Waals surface area contributed by atoms with Crippen LogP contribution in [0.2, 0.25) is 10.0 Å². The summed E-state index contributed by atoms with van der Waals surface area (Å²) in [5.41, 5.74) is 0.987. The average Bonchev–Trinajstić information content (AvgIpc) is 2.95. The van der Waals surface area contributed by atoms with Gasteiger partial charge in [0.25, 0.3) is 0 Å². The second-order valence-corrected chi connectivity index (χ2v) is 16.2. The standard InChI is InChI=1S/C31H21Cl2OS2.6FH.Sb/c32-28-14-8-7-13-27(28)31(34)22-15-20-30(29(33)21-22)35-23-16-18-26(19-17-23)36(24-9-3-1-4-10-24)25-11-5-2-6-12-25;;;;;;;/h1-21H;6*1H;/q+1;;;;;;;+5/p-6. The van der Waals surface area contributed by atoms with E-state index in [0.29, 0.717) is 21.2 Å². The van der Waals surface area contributed by atoms with E-state index < -0.39 is 20.3 Å². The van der Waals surface area contributed by atoms with Gasteiger partial charge in [0.15, 0.2) is 20.5 Å². The van der Waals surface area contributed by atoms with Gasteiger partial charge in [-0.05, 0) is 78.9 Å². The van der Waals surface area contributed by atoms with Gasteiger partial charge in [0, 0.05) is 20.9 Å². The van der Waals surface area contributed by atoms with Crippen molar-refractivity contribution in [1.29, 1.82) is 0 Å². The van der Waals surface area contributed by atoms with Crippen molar-refractivity contribution in [3.63, 3.8) is 0 Å². The number of hydrogen-bond acceptors (Lipinski definition) is 2. The van der Waals surface area contributed by atoms with E-state index in [1.54, 1.807) is 48.2 Å². The summed E-state index contributed by atoms with van der Waals surface area (Å²) in [6.45, 7) is 0. The summed E-state index contributed by atoms with van der Waals surface area (Å²) >= 11 is 5.18. The third-order valence-electron chi connectivity index (χ3n) is 5.56. The molecule has 0 aliphatic heterocycles. The van der Waals surface area contributed by atoms with Crippen LogP contribution in [0.5, 0.6) is 0 Å². The van der Waals surface area contributed by atoms with Crippen molar-refractivity contribution in [2.45, 2.75) is 24.5 Å². The molecule has 0 radical (unpaired) electrons. The van der Waals surface area contributed by atoms with Crippen LogP contribution in [0.3, 0.4) is 0 Å². The van der Waals surface area contributed by atoms with Crippen molar-refractivity contribution < 1.29 is 23.6 Å². The topological polar surface area (TPSA) is 17.1 Å². The Morgan fingerprint density at radius 2 is 1.07 bits per heavy atom. The molecule has 0 saturated heterocycles. The molecule has 0 amide bonds. The number of benzene rings is 5. The van der Waals surface area contributed by atoms with Crippen LogP contribution >= 0.6 is 35.0 Å². The number of carbonyl (C=O) groups excluding carboxylic acids is 1. The minimum absolute atomic E-state index is 0. The summed E-state index contributed by atoms with van der Waals surface area (Å²) in [4.78, 5) is 18.7. The number of rotatable bonds is 7. The Balaban J connectivity index is 0.000000658. The van der Waals surface area contributed by atoms with Crippen molar-refractivity contribution in [3.05, 3.63) is 149 Å². The maximum absolute atomic E-state index is 12.9. The van der Waals surface area contributed by atoms with E-state index in [0.717, 1.165) is 9.79 Å².